The SMILES string of the molecule is CCN1CCC(n2ncc(C3(N)N=CC(C(F)(F)F)=C(NC)N3)c2Cl)C(F)C1. The summed E-state index contributed by atoms with van der Waals surface area (Å²) in [5.74, 6) is -2.10. The molecule has 12 heteroatoms. The largest absolute Gasteiger partial charge is 0.421 e. The summed E-state index contributed by atoms with van der Waals surface area (Å²) in [5.41, 5.74) is 5.35. The molecule has 3 atom stereocenters. The lowest BCUT2D eigenvalue weighted by atomic mass is 10.0. The average Bonchev–Trinajstić information content (AvgIpc) is 3.02. The molecule has 0 spiro atoms. The molecule has 4 N–H and O–H groups in total. The molecule has 7 nitrogen and oxygen atoms in total. The molecule has 1 saturated heterocycles. The number of hydrogen-bond acceptors (Lipinski definition) is 6. The van der Waals surface area contributed by atoms with E-state index < -0.39 is 29.7 Å². The van der Waals surface area contributed by atoms with Gasteiger partial charge in [-0.1, -0.05) is 18.5 Å². The van der Waals surface area contributed by atoms with Gasteiger partial charge in [0.2, 0.25) is 5.79 Å². The van der Waals surface area contributed by atoms with Crippen LogP contribution in [0.15, 0.2) is 22.6 Å². The van der Waals surface area contributed by atoms with Crippen LogP contribution in [0.2, 0.25) is 5.15 Å². The number of likely N-dealkylation sites (tertiary alicyclic amines) is 1. The number of aromatic nitrogens is 2. The highest BCUT2D eigenvalue weighted by Crippen LogP contribution is 2.35. The molecular formula is C16H22ClF4N7. The van der Waals surface area contributed by atoms with E-state index in [1.807, 2.05) is 11.8 Å². The van der Waals surface area contributed by atoms with Crippen LogP contribution in [0.4, 0.5) is 17.6 Å². The second kappa shape index (κ2) is 7.53. The van der Waals surface area contributed by atoms with Crippen molar-refractivity contribution in [2.45, 2.75) is 37.5 Å². The summed E-state index contributed by atoms with van der Waals surface area (Å²) in [6.07, 6.45) is -3.34. The number of nitrogens with one attached hydrogen (secondary N) is 2. The van der Waals surface area contributed by atoms with E-state index in [0.29, 0.717) is 19.2 Å². The lowest BCUT2D eigenvalue weighted by Gasteiger charge is -2.35. The molecule has 2 aliphatic heterocycles. The molecule has 0 aliphatic carbocycles. The van der Waals surface area contributed by atoms with Crippen molar-refractivity contribution in [1.82, 2.24) is 25.3 Å². The molecule has 0 aromatic carbocycles. The fourth-order valence-electron chi connectivity index (χ4n) is 3.42. The van der Waals surface area contributed by atoms with E-state index >= 15 is 0 Å². The van der Waals surface area contributed by atoms with Crippen molar-refractivity contribution in [3.05, 3.63) is 28.3 Å². The van der Waals surface area contributed by atoms with Crippen molar-refractivity contribution in [1.29, 1.82) is 0 Å². The Labute approximate surface area is 164 Å². The zero-order chi connectivity index (χ0) is 20.7. The minimum absolute atomic E-state index is 0.0376. The Morgan fingerprint density at radius 1 is 1.46 bits per heavy atom. The van der Waals surface area contributed by atoms with E-state index in [1.54, 1.807) is 0 Å². The van der Waals surface area contributed by atoms with E-state index in [-0.39, 0.29) is 23.1 Å². The highest BCUT2D eigenvalue weighted by molar-refractivity contribution is 6.30. The number of hydrogen-bond donors (Lipinski definition) is 3. The number of alkyl halides is 4. The molecule has 1 aromatic rings. The van der Waals surface area contributed by atoms with Crippen LogP contribution in [0.1, 0.15) is 24.9 Å². The normalized spacial score (nSPS) is 29.1. The minimum Gasteiger partial charge on any atom is -0.374 e. The first kappa shape index (κ1) is 20.9. The van der Waals surface area contributed by atoms with Gasteiger partial charge in [0.25, 0.3) is 0 Å². The van der Waals surface area contributed by atoms with E-state index in [9.17, 15) is 17.6 Å². The third-order valence-corrected chi connectivity index (χ3v) is 5.41. The van der Waals surface area contributed by atoms with E-state index in [2.05, 4.69) is 20.7 Å². The molecular weight excluding hydrogens is 402 g/mol. The molecule has 28 heavy (non-hydrogen) atoms. The third-order valence-electron chi connectivity index (χ3n) is 5.04. The lowest BCUT2D eigenvalue weighted by molar-refractivity contribution is -0.0875. The van der Waals surface area contributed by atoms with Gasteiger partial charge in [0.05, 0.1) is 17.8 Å². The van der Waals surface area contributed by atoms with Crippen LogP contribution in [0.25, 0.3) is 0 Å². The Morgan fingerprint density at radius 3 is 2.75 bits per heavy atom. The Hall–Kier alpha value is -1.85. The van der Waals surface area contributed by atoms with Gasteiger partial charge in [-0.15, -0.1) is 0 Å². The summed E-state index contributed by atoms with van der Waals surface area (Å²) in [6.45, 7) is 3.66. The Morgan fingerprint density at radius 2 is 2.18 bits per heavy atom. The van der Waals surface area contributed by atoms with E-state index in [1.165, 1.54) is 17.9 Å². The van der Waals surface area contributed by atoms with Crippen molar-refractivity contribution >= 4 is 17.8 Å². The van der Waals surface area contributed by atoms with Gasteiger partial charge in [-0.3, -0.25) is 5.73 Å². The van der Waals surface area contributed by atoms with E-state index in [4.69, 9.17) is 17.3 Å². The molecule has 0 radical (unpaired) electrons. The number of nitrogens with two attached hydrogens (primary N) is 1. The summed E-state index contributed by atoms with van der Waals surface area (Å²) >= 11 is 6.40. The topological polar surface area (TPSA) is 83.5 Å². The number of halogens is 5. The fourth-order valence-corrected chi connectivity index (χ4v) is 3.78. The summed E-state index contributed by atoms with van der Waals surface area (Å²) in [4.78, 5) is 5.81. The van der Waals surface area contributed by atoms with E-state index in [0.717, 1.165) is 6.54 Å². The van der Waals surface area contributed by atoms with Crippen LogP contribution < -0.4 is 16.4 Å². The first-order valence-electron chi connectivity index (χ1n) is 8.82. The number of piperidine rings is 1. The molecule has 1 aromatic heterocycles. The van der Waals surface area contributed by atoms with Gasteiger partial charge in [0.1, 0.15) is 22.7 Å². The van der Waals surface area contributed by atoms with Crippen LogP contribution in [0.3, 0.4) is 0 Å². The quantitative estimate of drug-likeness (QED) is 0.644. The van der Waals surface area contributed by atoms with Crippen molar-refractivity contribution in [2.24, 2.45) is 10.7 Å². The summed E-state index contributed by atoms with van der Waals surface area (Å²) in [7, 11) is 1.33. The highest BCUT2D eigenvalue weighted by Gasteiger charge is 2.43. The summed E-state index contributed by atoms with van der Waals surface area (Å²) in [6, 6.07) is -0.578. The van der Waals surface area contributed by atoms with Crippen LogP contribution >= 0.6 is 11.6 Å². The lowest BCUT2D eigenvalue weighted by Crippen LogP contribution is -2.53. The molecule has 0 bridgehead atoms. The Balaban J connectivity index is 1.88. The maximum Gasteiger partial charge on any atom is 0.421 e. The fraction of sp³-hybridized carbons (Fsp3) is 0.625. The van der Waals surface area contributed by atoms with Crippen LogP contribution in [-0.2, 0) is 5.79 Å². The van der Waals surface area contributed by atoms with Gasteiger partial charge in [-0.25, -0.2) is 14.1 Å². The summed E-state index contributed by atoms with van der Waals surface area (Å²) in [5, 5.41) is 9.15. The number of aliphatic imine (C=N–C) groups is 1. The van der Waals surface area contributed by atoms with Crippen molar-refractivity contribution in [3.63, 3.8) is 0 Å². The minimum atomic E-state index is -4.61. The molecule has 3 rings (SSSR count). The highest BCUT2D eigenvalue weighted by atomic mass is 35.5. The maximum atomic E-state index is 14.6. The Bertz CT molecular complexity index is 790. The molecule has 3 heterocycles. The van der Waals surface area contributed by atoms with Crippen LogP contribution in [-0.4, -0.2) is 59.9 Å². The third kappa shape index (κ3) is 3.70. The molecule has 0 saturated carbocycles. The first-order valence-corrected chi connectivity index (χ1v) is 9.20. The zero-order valence-corrected chi connectivity index (χ0v) is 16.1. The first-order chi connectivity index (χ1) is 13.1. The van der Waals surface area contributed by atoms with Gasteiger partial charge in [0, 0.05) is 26.4 Å². The van der Waals surface area contributed by atoms with Gasteiger partial charge >= 0.3 is 6.18 Å². The molecule has 1 fully saturated rings. The van der Waals surface area contributed by atoms with Gasteiger partial charge in [0.15, 0.2) is 0 Å². The number of rotatable bonds is 4. The standard InChI is InChI=1S/C16H22ClF4N7/c1-3-27-5-4-12(11(18)8-27)28-13(17)9(7-25-28)16(22)24-6-10(15(19,20)21)14(23-2)26-16/h6-7,11-12,23,26H,3-5,8,22H2,1-2H3. The zero-order valence-electron chi connectivity index (χ0n) is 15.4. The van der Waals surface area contributed by atoms with Crippen molar-refractivity contribution < 1.29 is 17.6 Å². The molecule has 0 amide bonds. The van der Waals surface area contributed by atoms with Gasteiger partial charge < -0.3 is 15.5 Å². The monoisotopic (exact) mass is 423 g/mol. The Kier molecular flexibility index (Phi) is 5.61. The predicted octanol–water partition coefficient (Wildman–Crippen LogP) is 1.88. The van der Waals surface area contributed by atoms with Gasteiger partial charge in [-0.05, 0) is 13.0 Å². The van der Waals surface area contributed by atoms with Crippen molar-refractivity contribution in [3.8, 4) is 0 Å². The second-order valence-electron chi connectivity index (χ2n) is 6.74. The second-order valence-corrected chi connectivity index (χ2v) is 7.10. The molecule has 156 valence electrons. The molecule has 2 aliphatic rings. The van der Waals surface area contributed by atoms with Crippen molar-refractivity contribution in [2.75, 3.05) is 26.7 Å². The maximum absolute atomic E-state index is 14.6. The van der Waals surface area contributed by atoms with Crippen LogP contribution in [0.5, 0.6) is 0 Å². The van der Waals surface area contributed by atoms with Gasteiger partial charge in [-0.2, -0.15) is 18.3 Å². The smallest absolute Gasteiger partial charge is 0.374 e. The number of allylic oxidation sites excluding steroid dienone is 1. The molecule has 3 unspecified atom stereocenters. The number of nitrogens with zero attached hydrogens (tertiary/aromatic N) is 4. The predicted molar refractivity (Wildman–Crippen MR) is 97.5 cm³/mol. The summed E-state index contributed by atoms with van der Waals surface area (Å²) < 4.78 is 55.3. The van der Waals surface area contributed by atoms with Crippen LogP contribution in [0, 0.1) is 0 Å². The average molecular weight is 424 g/mol.